The molecule has 23 heavy (non-hydrogen) atoms. The largest absolute Gasteiger partial charge is 0.385 e. The second-order valence-corrected chi connectivity index (χ2v) is 7.16. The highest BCUT2D eigenvalue weighted by atomic mass is 16.5. The first kappa shape index (κ1) is 15.2. The first-order valence-corrected chi connectivity index (χ1v) is 8.82. The van der Waals surface area contributed by atoms with E-state index >= 15 is 0 Å². The van der Waals surface area contributed by atoms with Crippen molar-refractivity contribution >= 4 is 10.9 Å². The zero-order valence-electron chi connectivity index (χ0n) is 13.8. The molecule has 1 aromatic carbocycles. The maximum absolute atomic E-state index is 10.9. The Bertz CT molecular complexity index is 682. The number of aromatic nitrogens is 1. The number of hydrogen-bond acceptors (Lipinski definition) is 3. The molecule has 2 saturated heterocycles. The Morgan fingerprint density at radius 1 is 1.26 bits per heavy atom. The number of aromatic amines is 1. The predicted molar refractivity (Wildman–Crippen MR) is 91.7 cm³/mol. The number of rotatable bonds is 3. The molecule has 4 nitrogen and oxygen atoms in total. The standard InChI is InChI=1S/C19H26N2O2/c1-13(16-3-2-8-20-16)17-11-14-4-5-15(12-18(14)21-17)19(22)6-9-23-10-7-19/h4-5,11-13,16,20-22H,2-3,6-10H2,1H3. The second-order valence-electron chi connectivity index (χ2n) is 7.16. The van der Waals surface area contributed by atoms with Crippen molar-refractivity contribution < 1.29 is 9.84 Å². The predicted octanol–water partition coefficient (Wildman–Crippen LogP) is 3.02. The van der Waals surface area contributed by atoms with Gasteiger partial charge in [-0.3, -0.25) is 0 Å². The Morgan fingerprint density at radius 3 is 2.83 bits per heavy atom. The lowest BCUT2D eigenvalue weighted by molar-refractivity contribution is -0.0678. The summed E-state index contributed by atoms with van der Waals surface area (Å²) in [7, 11) is 0. The molecule has 0 radical (unpaired) electrons. The van der Waals surface area contributed by atoms with Crippen molar-refractivity contribution in [2.45, 2.75) is 50.2 Å². The molecular formula is C19H26N2O2. The fourth-order valence-corrected chi connectivity index (χ4v) is 4.04. The van der Waals surface area contributed by atoms with Crippen molar-refractivity contribution in [3.8, 4) is 0 Å². The molecule has 0 amide bonds. The van der Waals surface area contributed by atoms with E-state index in [0.717, 1.165) is 17.6 Å². The van der Waals surface area contributed by atoms with Gasteiger partial charge in [0.15, 0.2) is 0 Å². The Labute approximate surface area is 137 Å². The summed E-state index contributed by atoms with van der Waals surface area (Å²) < 4.78 is 5.39. The summed E-state index contributed by atoms with van der Waals surface area (Å²) in [6.07, 6.45) is 3.87. The van der Waals surface area contributed by atoms with Crippen LogP contribution in [0.15, 0.2) is 24.3 Å². The molecule has 2 unspecified atom stereocenters. The minimum absolute atomic E-state index is 0.486. The fraction of sp³-hybridized carbons (Fsp3) is 0.579. The van der Waals surface area contributed by atoms with Crippen molar-refractivity contribution in [3.05, 3.63) is 35.5 Å². The number of nitrogens with one attached hydrogen (secondary N) is 2. The third-order valence-electron chi connectivity index (χ3n) is 5.69. The van der Waals surface area contributed by atoms with Gasteiger partial charge in [0, 0.05) is 49.2 Å². The lowest BCUT2D eigenvalue weighted by Gasteiger charge is -2.32. The third kappa shape index (κ3) is 2.80. The van der Waals surface area contributed by atoms with Crippen molar-refractivity contribution in [1.82, 2.24) is 10.3 Å². The van der Waals surface area contributed by atoms with Gasteiger partial charge in [-0.05, 0) is 42.5 Å². The molecular weight excluding hydrogens is 288 g/mol. The van der Waals surface area contributed by atoms with Gasteiger partial charge in [0.2, 0.25) is 0 Å². The van der Waals surface area contributed by atoms with Gasteiger partial charge in [-0.25, -0.2) is 0 Å². The van der Waals surface area contributed by atoms with Gasteiger partial charge in [-0.2, -0.15) is 0 Å². The highest BCUT2D eigenvalue weighted by Crippen LogP contribution is 2.34. The highest BCUT2D eigenvalue weighted by molar-refractivity contribution is 5.81. The molecule has 2 aromatic rings. The van der Waals surface area contributed by atoms with E-state index in [1.54, 1.807) is 0 Å². The zero-order valence-corrected chi connectivity index (χ0v) is 13.8. The van der Waals surface area contributed by atoms with Crippen LogP contribution in [-0.2, 0) is 10.3 Å². The maximum atomic E-state index is 10.9. The molecule has 4 heteroatoms. The van der Waals surface area contributed by atoms with Crippen LogP contribution in [0, 0.1) is 0 Å². The SMILES string of the molecule is CC(c1cc2ccc(C3(O)CCOCC3)cc2[nH]1)C1CCCN1. The summed E-state index contributed by atoms with van der Waals surface area (Å²) in [6.45, 7) is 4.69. The zero-order chi connectivity index (χ0) is 15.9. The van der Waals surface area contributed by atoms with E-state index < -0.39 is 5.60 Å². The van der Waals surface area contributed by atoms with Crippen LogP contribution in [0.2, 0.25) is 0 Å². The molecule has 2 atom stereocenters. The average molecular weight is 314 g/mol. The van der Waals surface area contributed by atoms with Crippen molar-refractivity contribution in [3.63, 3.8) is 0 Å². The first-order chi connectivity index (χ1) is 11.2. The summed E-state index contributed by atoms with van der Waals surface area (Å²) in [5, 5.41) is 15.7. The lowest BCUT2D eigenvalue weighted by Crippen LogP contribution is -2.33. The molecule has 4 rings (SSSR count). The van der Waals surface area contributed by atoms with Crippen molar-refractivity contribution in [2.75, 3.05) is 19.8 Å². The van der Waals surface area contributed by atoms with Gasteiger partial charge in [0.25, 0.3) is 0 Å². The molecule has 2 aliphatic rings. The van der Waals surface area contributed by atoms with Crippen LogP contribution in [0.25, 0.3) is 10.9 Å². The van der Waals surface area contributed by atoms with E-state index in [1.807, 2.05) is 0 Å². The van der Waals surface area contributed by atoms with Gasteiger partial charge in [0.1, 0.15) is 0 Å². The van der Waals surface area contributed by atoms with E-state index in [4.69, 9.17) is 4.74 Å². The van der Waals surface area contributed by atoms with Crippen LogP contribution in [-0.4, -0.2) is 35.9 Å². The molecule has 3 N–H and O–H groups in total. The first-order valence-electron chi connectivity index (χ1n) is 8.82. The number of H-pyrrole nitrogens is 1. The topological polar surface area (TPSA) is 57.3 Å². The van der Waals surface area contributed by atoms with Crippen LogP contribution in [0.5, 0.6) is 0 Å². The number of hydrogen-bond donors (Lipinski definition) is 3. The Kier molecular flexibility index (Phi) is 3.92. The van der Waals surface area contributed by atoms with Crippen LogP contribution in [0.4, 0.5) is 0 Å². The normalized spacial score (nSPS) is 25.7. The molecule has 0 saturated carbocycles. The molecule has 3 heterocycles. The smallest absolute Gasteiger partial charge is 0.0941 e. The van der Waals surface area contributed by atoms with Crippen molar-refractivity contribution in [2.24, 2.45) is 0 Å². The number of fused-ring (bicyclic) bond motifs is 1. The monoisotopic (exact) mass is 314 g/mol. The van der Waals surface area contributed by atoms with E-state index in [-0.39, 0.29) is 0 Å². The van der Waals surface area contributed by atoms with Crippen molar-refractivity contribution in [1.29, 1.82) is 0 Å². The summed E-state index contributed by atoms with van der Waals surface area (Å²) in [5.74, 6) is 0.486. The van der Waals surface area contributed by atoms with E-state index in [9.17, 15) is 5.11 Å². The highest BCUT2D eigenvalue weighted by Gasteiger charge is 2.32. The van der Waals surface area contributed by atoms with Gasteiger partial charge in [-0.1, -0.05) is 19.1 Å². The van der Waals surface area contributed by atoms with E-state index in [1.165, 1.54) is 23.9 Å². The Morgan fingerprint density at radius 2 is 2.09 bits per heavy atom. The van der Waals surface area contributed by atoms with Gasteiger partial charge >= 0.3 is 0 Å². The van der Waals surface area contributed by atoms with Crippen LogP contribution in [0.3, 0.4) is 0 Å². The molecule has 1 aromatic heterocycles. The second kappa shape index (κ2) is 5.93. The minimum atomic E-state index is -0.740. The number of benzene rings is 1. The number of aliphatic hydroxyl groups is 1. The van der Waals surface area contributed by atoms with Gasteiger partial charge in [-0.15, -0.1) is 0 Å². The minimum Gasteiger partial charge on any atom is -0.385 e. The summed E-state index contributed by atoms with van der Waals surface area (Å²) in [5.41, 5.74) is 2.68. The van der Waals surface area contributed by atoms with Gasteiger partial charge in [0.05, 0.1) is 5.60 Å². The summed E-state index contributed by atoms with van der Waals surface area (Å²) in [6, 6.07) is 9.16. The molecule has 2 fully saturated rings. The third-order valence-corrected chi connectivity index (χ3v) is 5.69. The molecule has 0 spiro atoms. The van der Waals surface area contributed by atoms with Gasteiger partial charge < -0.3 is 20.1 Å². The maximum Gasteiger partial charge on any atom is 0.0941 e. The summed E-state index contributed by atoms with van der Waals surface area (Å²) >= 11 is 0. The average Bonchev–Trinajstić information content (AvgIpc) is 3.23. The van der Waals surface area contributed by atoms with E-state index in [2.05, 4.69) is 41.5 Å². The molecule has 0 bridgehead atoms. The Balaban J connectivity index is 1.64. The van der Waals surface area contributed by atoms with Crippen LogP contribution in [0.1, 0.15) is 49.8 Å². The van der Waals surface area contributed by atoms with Crippen LogP contribution < -0.4 is 5.32 Å². The summed E-state index contributed by atoms with van der Waals surface area (Å²) in [4.78, 5) is 3.59. The van der Waals surface area contributed by atoms with E-state index in [0.29, 0.717) is 38.0 Å². The molecule has 2 aliphatic heterocycles. The molecule has 124 valence electrons. The number of ether oxygens (including phenoxy) is 1. The quantitative estimate of drug-likeness (QED) is 0.816. The lowest BCUT2D eigenvalue weighted by atomic mass is 9.86. The molecule has 0 aliphatic carbocycles. The van der Waals surface area contributed by atoms with Crippen LogP contribution >= 0.6 is 0 Å². The fourth-order valence-electron chi connectivity index (χ4n) is 4.04. The Hall–Kier alpha value is -1.36.